The Morgan fingerprint density at radius 1 is 0.917 bits per heavy atom. The minimum absolute atomic E-state index is 0.0147. The highest BCUT2D eigenvalue weighted by molar-refractivity contribution is 5.91. The number of carbonyl (C=O) groups is 3. The Morgan fingerprint density at radius 3 is 2.08 bits per heavy atom. The van der Waals surface area contributed by atoms with Crippen LogP contribution < -0.4 is 16.0 Å². The molecule has 0 aliphatic carbocycles. The molecular formula is C18H27N3O3. The van der Waals surface area contributed by atoms with Gasteiger partial charge in [0.25, 0.3) is 0 Å². The van der Waals surface area contributed by atoms with Crippen LogP contribution in [0.1, 0.15) is 33.3 Å². The van der Waals surface area contributed by atoms with Crippen molar-refractivity contribution < 1.29 is 14.4 Å². The van der Waals surface area contributed by atoms with Crippen LogP contribution in [0.4, 0.5) is 0 Å². The highest BCUT2D eigenvalue weighted by Crippen LogP contribution is 2.04. The van der Waals surface area contributed by atoms with E-state index in [1.807, 2.05) is 58.0 Å². The molecule has 3 amide bonds. The van der Waals surface area contributed by atoms with E-state index in [0.29, 0.717) is 0 Å². The van der Waals surface area contributed by atoms with Crippen molar-refractivity contribution in [3.63, 3.8) is 0 Å². The first-order valence-electron chi connectivity index (χ1n) is 8.20. The van der Waals surface area contributed by atoms with E-state index in [1.54, 1.807) is 0 Å². The quantitative estimate of drug-likeness (QED) is 0.663. The number of hydrogen-bond donors (Lipinski definition) is 3. The fourth-order valence-corrected chi connectivity index (χ4v) is 2.19. The van der Waals surface area contributed by atoms with Gasteiger partial charge in [-0.1, -0.05) is 44.2 Å². The number of carbonyl (C=O) groups excluding carboxylic acids is 3. The molecule has 0 aliphatic rings. The van der Waals surface area contributed by atoms with Crippen LogP contribution >= 0.6 is 0 Å². The van der Waals surface area contributed by atoms with E-state index in [2.05, 4.69) is 16.0 Å². The van der Waals surface area contributed by atoms with Gasteiger partial charge in [0, 0.05) is 6.04 Å². The van der Waals surface area contributed by atoms with Gasteiger partial charge in [0.1, 0.15) is 6.04 Å². The fourth-order valence-electron chi connectivity index (χ4n) is 2.19. The zero-order valence-corrected chi connectivity index (χ0v) is 14.8. The van der Waals surface area contributed by atoms with Gasteiger partial charge in [-0.3, -0.25) is 14.4 Å². The van der Waals surface area contributed by atoms with Crippen LogP contribution in [0.5, 0.6) is 0 Å². The molecule has 3 N–H and O–H groups in total. The summed E-state index contributed by atoms with van der Waals surface area (Å²) in [6.45, 7) is 7.29. The molecule has 1 aromatic rings. The van der Waals surface area contributed by atoms with E-state index < -0.39 is 6.04 Å². The van der Waals surface area contributed by atoms with Crippen LogP contribution in [0.2, 0.25) is 0 Å². The SMILES string of the molecule is CC(C)NC(=O)CNC(=O)[C@@H](NC(=O)Cc1ccccc1)C(C)C. The smallest absolute Gasteiger partial charge is 0.243 e. The third-order valence-corrected chi connectivity index (χ3v) is 3.35. The monoisotopic (exact) mass is 333 g/mol. The molecule has 0 saturated carbocycles. The Balaban J connectivity index is 2.54. The zero-order valence-electron chi connectivity index (χ0n) is 14.8. The Labute approximate surface area is 143 Å². The summed E-state index contributed by atoms with van der Waals surface area (Å²) in [5, 5.41) is 8.02. The van der Waals surface area contributed by atoms with Crippen molar-refractivity contribution in [2.24, 2.45) is 5.92 Å². The number of benzene rings is 1. The van der Waals surface area contributed by atoms with Crippen molar-refractivity contribution in [1.29, 1.82) is 0 Å². The lowest BCUT2D eigenvalue weighted by Gasteiger charge is -2.22. The molecule has 0 fully saturated rings. The van der Waals surface area contributed by atoms with Crippen molar-refractivity contribution in [3.8, 4) is 0 Å². The van der Waals surface area contributed by atoms with Crippen molar-refractivity contribution in [3.05, 3.63) is 35.9 Å². The average Bonchev–Trinajstić information content (AvgIpc) is 2.50. The molecule has 24 heavy (non-hydrogen) atoms. The summed E-state index contributed by atoms with van der Waals surface area (Å²) in [6.07, 6.45) is 0.213. The fraction of sp³-hybridized carbons (Fsp3) is 0.500. The molecule has 0 spiro atoms. The Morgan fingerprint density at radius 2 is 1.54 bits per heavy atom. The summed E-state index contributed by atoms with van der Waals surface area (Å²) < 4.78 is 0. The van der Waals surface area contributed by atoms with Gasteiger partial charge >= 0.3 is 0 Å². The summed E-state index contributed by atoms with van der Waals surface area (Å²) >= 11 is 0. The predicted octanol–water partition coefficient (Wildman–Crippen LogP) is 1.01. The summed E-state index contributed by atoms with van der Waals surface area (Å²) in [7, 11) is 0. The standard InChI is InChI=1S/C18H27N3O3/c1-12(2)17(18(24)19-11-16(23)20-13(3)4)21-15(22)10-14-8-6-5-7-9-14/h5-9,12-13,17H,10-11H2,1-4H3,(H,19,24)(H,20,23)(H,21,22)/t17-/m0/s1. The summed E-state index contributed by atoms with van der Waals surface area (Å²) in [5.74, 6) is -0.915. The van der Waals surface area contributed by atoms with Crippen molar-refractivity contribution >= 4 is 17.7 Å². The van der Waals surface area contributed by atoms with Crippen LogP contribution in [-0.2, 0) is 20.8 Å². The largest absolute Gasteiger partial charge is 0.352 e. The molecule has 6 nitrogen and oxygen atoms in total. The van der Waals surface area contributed by atoms with Crippen molar-refractivity contribution in [2.75, 3.05) is 6.54 Å². The number of rotatable bonds is 8. The maximum atomic E-state index is 12.3. The Hall–Kier alpha value is -2.37. The first-order chi connectivity index (χ1) is 11.3. The van der Waals surface area contributed by atoms with Crippen molar-refractivity contribution in [1.82, 2.24) is 16.0 Å². The molecule has 1 aromatic carbocycles. The van der Waals surface area contributed by atoms with Gasteiger partial charge in [-0.2, -0.15) is 0 Å². The number of nitrogens with one attached hydrogen (secondary N) is 3. The molecule has 6 heteroatoms. The Bertz CT molecular complexity index is 556. The molecule has 0 saturated heterocycles. The van der Waals surface area contributed by atoms with Crippen molar-refractivity contribution in [2.45, 2.75) is 46.2 Å². The second-order valence-corrected chi connectivity index (χ2v) is 6.39. The van der Waals surface area contributed by atoms with Crippen LogP contribution in [0.25, 0.3) is 0 Å². The third-order valence-electron chi connectivity index (χ3n) is 3.35. The van der Waals surface area contributed by atoms with Gasteiger partial charge in [0.2, 0.25) is 17.7 Å². The molecule has 0 unspecified atom stereocenters. The van der Waals surface area contributed by atoms with Gasteiger partial charge in [-0.05, 0) is 25.3 Å². The lowest BCUT2D eigenvalue weighted by molar-refractivity contribution is -0.131. The van der Waals surface area contributed by atoms with Crippen LogP contribution in [0.3, 0.4) is 0 Å². The third kappa shape index (κ3) is 7.26. The maximum Gasteiger partial charge on any atom is 0.243 e. The second-order valence-electron chi connectivity index (χ2n) is 6.39. The van der Waals surface area contributed by atoms with E-state index in [9.17, 15) is 14.4 Å². The van der Waals surface area contributed by atoms with Gasteiger partial charge in [-0.15, -0.1) is 0 Å². The van der Waals surface area contributed by atoms with Gasteiger partial charge in [0.15, 0.2) is 0 Å². The van der Waals surface area contributed by atoms with Crippen LogP contribution in [-0.4, -0.2) is 36.3 Å². The summed E-state index contributed by atoms with van der Waals surface area (Å²) in [5.41, 5.74) is 0.884. The molecular weight excluding hydrogens is 306 g/mol. The molecule has 1 rings (SSSR count). The van der Waals surface area contributed by atoms with E-state index in [1.165, 1.54) is 0 Å². The predicted molar refractivity (Wildman–Crippen MR) is 93.2 cm³/mol. The highest BCUT2D eigenvalue weighted by atomic mass is 16.2. The molecule has 132 valence electrons. The zero-order chi connectivity index (χ0) is 18.1. The lowest BCUT2D eigenvalue weighted by atomic mass is 10.0. The van der Waals surface area contributed by atoms with Gasteiger partial charge in [-0.25, -0.2) is 0 Å². The number of hydrogen-bond acceptors (Lipinski definition) is 3. The normalized spacial score (nSPS) is 11.9. The van der Waals surface area contributed by atoms with Crippen LogP contribution in [0.15, 0.2) is 30.3 Å². The summed E-state index contributed by atoms with van der Waals surface area (Å²) in [6, 6.07) is 8.67. The van der Waals surface area contributed by atoms with Gasteiger partial charge in [0.05, 0.1) is 13.0 Å². The molecule has 0 bridgehead atoms. The Kier molecular flexibility index (Phi) is 7.95. The molecule has 1 atom stereocenters. The van der Waals surface area contributed by atoms with Crippen LogP contribution in [0, 0.1) is 5.92 Å². The van der Waals surface area contributed by atoms with Gasteiger partial charge < -0.3 is 16.0 Å². The first-order valence-corrected chi connectivity index (χ1v) is 8.20. The highest BCUT2D eigenvalue weighted by Gasteiger charge is 2.24. The second kappa shape index (κ2) is 9.70. The number of amides is 3. The average molecular weight is 333 g/mol. The first kappa shape index (κ1) is 19.7. The van der Waals surface area contributed by atoms with E-state index >= 15 is 0 Å². The van der Waals surface area contributed by atoms with E-state index in [-0.39, 0.29) is 42.6 Å². The van der Waals surface area contributed by atoms with E-state index in [4.69, 9.17) is 0 Å². The molecule has 0 aromatic heterocycles. The minimum atomic E-state index is -0.673. The maximum absolute atomic E-state index is 12.3. The van der Waals surface area contributed by atoms with E-state index in [0.717, 1.165) is 5.56 Å². The molecule has 0 aliphatic heterocycles. The topological polar surface area (TPSA) is 87.3 Å². The summed E-state index contributed by atoms with van der Waals surface area (Å²) in [4.78, 5) is 36.0. The molecule has 0 radical (unpaired) electrons. The lowest BCUT2D eigenvalue weighted by Crippen LogP contribution is -2.52. The minimum Gasteiger partial charge on any atom is -0.352 e. The molecule has 0 heterocycles.